The lowest BCUT2D eigenvalue weighted by molar-refractivity contribution is 0.414. The minimum atomic E-state index is 0.725. The van der Waals surface area contributed by atoms with Crippen LogP contribution in [0.4, 0.5) is 0 Å². The lowest BCUT2D eigenvalue weighted by Crippen LogP contribution is -2.04. The second-order valence-corrected chi connectivity index (χ2v) is 5.78. The molecule has 121 valence electrons. The van der Waals surface area contributed by atoms with Gasteiger partial charge in [0.05, 0.1) is 20.1 Å². The highest BCUT2D eigenvalue weighted by Crippen LogP contribution is 2.33. The monoisotopic (exact) mass is 337 g/mol. The summed E-state index contributed by atoms with van der Waals surface area (Å²) in [5.41, 5.74) is 3.33. The lowest BCUT2D eigenvalue weighted by Gasteiger charge is -2.18. The molecule has 0 unspecified atom stereocenters. The minimum Gasteiger partial charge on any atom is -0.497 e. The van der Waals surface area contributed by atoms with E-state index in [4.69, 9.17) is 21.1 Å². The van der Waals surface area contributed by atoms with Gasteiger partial charge in [0.25, 0.3) is 0 Å². The van der Waals surface area contributed by atoms with Gasteiger partial charge in [-0.3, -0.25) is 0 Å². The molecule has 0 atom stereocenters. The highest BCUT2D eigenvalue weighted by molar-refractivity contribution is 6.30. The first kappa shape index (κ1) is 16.4. The molecule has 0 aliphatic rings. The lowest BCUT2D eigenvalue weighted by atomic mass is 9.85. The van der Waals surface area contributed by atoms with Crippen molar-refractivity contribution in [3.8, 4) is 11.5 Å². The molecule has 0 aliphatic carbocycles. The first-order chi connectivity index (χ1) is 11.7. The van der Waals surface area contributed by atoms with Gasteiger partial charge >= 0.3 is 0 Å². The fourth-order valence-electron chi connectivity index (χ4n) is 2.63. The van der Waals surface area contributed by atoms with E-state index in [1.54, 1.807) is 14.2 Å². The third-order valence-corrected chi connectivity index (χ3v) is 4.14. The fraction of sp³-hybridized carbons (Fsp3) is 0.0952. The van der Waals surface area contributed by atoms with Gasteiger partial charge in [0.15, 0.2) is 0 Å². The fourth-order valence-corrected chi connectivity index (χ4v) is 2.76. The van der Waals surface area contributed by atoms with Gasteiger partial charge in [-0.25, -0.2) is 0 Å². The van der Waals surface area contributed by atoms with E-state index in [0.29, 0.717) is 0 Å². The van der Waals surface area contributed by atoms with Crippen LogP contribution in [-0.4, -0.2) is 14.2 Å². The van der Waals surface area contributed by atoms with Gasteiger partial charge in [0.2, 0.25) is 0 Å². The molecule has 0 bridgehead atoms. The van der Waals surface area contributed by atoms with Crippen LogP contribution < -0.4 is 9.47 Å². The number of rotatable bonds is 5. The van der Waals surface area contributed by atoms with Crippen molar-refractivity contribution in [2.24, 2.45) is 0 Å². The zero-order valence-electron chi connectivity index (χ0n) is 13.6. The zero-order chi connectivity index (χ0) is 16.9. The standard InChI is InChI=1S/C21H18ClO2/c1-23-19-11-5-16(6-12-19)21(15-3-9-18(22)10-4-15)17-7-13-20(24-2)14-8-17/h3-14H,1-2H3. The summed E-state index contributed by atoms with van der Waals surface area (Å²) in [5.74, 6) is 2.81. The smallest absolute Gasteiger partial charge is 0.118 e. The Morgan fingerprint density at radius 3 is 1.25 bits per heavy atom. The van der Waals surface area contributed by atoms with Crippen LogP contribution in [0.3, 0.4) is 0 Å². The van der Waals surface area contributed by atoms with E-state index in [2.05, 4.69) is 24.3 Å². The van der Waals surface area contributed by atoms with Crippen LogP contribution >= 0.6 is 11.6 Å². The maximum absolute atomic E-state index is 6.05. The molecule has 0 saturated heterocycles. The largest absolute Gasteiger partial charge is 0.497 e. The quantitative estimate of drug-likeness (QED) is 0.582. The number of ether oxygens (including phenoxy) is 2. The van der Waals surface area contributed by atoms with Crippen molar-refractivity contribution in [2.45, 2.75) is 0 Å². The van der Waals surface area contributed by atoms with Crippen molar-refractivity contribution in [1.29, 1.82) is 0 Å². The van der Waals surface area contributed by atoms with E-state index >= 15 is 0 Å². The van der Waals surface area contributed by atoms with Crippen LogP contribution in [0.1, 0.15) is 16.7 Å². The summed E-state index contributed by atoms with van der Waals surface area (Å²) in [6.45, 7) is 0. The summed E-state index contributed by atoms with van der Waals surface area (Å²) >= 11 is 6.05. The van der Waals surface area contributed by atoms with E-state index in [0.717, 1.165) is 39.1 Å². The summed E-state index contributed by atoms with van der Waals surface area (Å²) < 4.78 is 10.5. The average molecular weight is 338 g/mol. The van der Waals surface area contributed by atoms with Crippen molar-refractivity contribution in [3.63, 3.8) is 0 Å². The van der Waals surface area contributed by atoms with Gasteiger partial charge in [-0.2, -0.15) is 0 Å². The van der Waals surface area contributed by atoms with Crippen molar-refractivity contribution in [2.75, 3.05) is 14.2 Å². The molecule has 0 amide bonds. The van der Waals surface area contributed by atoms with E-state index in [1.165, 1.54) is 0 Å². The molecule has 3 aromatic rings. The number of halogens is 1. The van der Waals surface area contributed by atoms with Gasteiger partial charge in [-0.15, -0.1) is 0 Å². The van der Waals surface area contributed by atoms with Gasteiger partial charge in [-0.1, -0.05) is 48.0 Å². The van der Waals surface area contributed by atoms with Crippen molar-refractivity contribution in [1.82, 2.24) is 0 Å². The molecule has 3 rings (SSSR count). The zero-order valence-corrected chi connectivity index (χ0v) is 14.4. The molecule has 0 spiro atoms. The highest BCUT2D eigenvalue weighted by atomic mass is 35.5. The van der Waals surface area contributed by atoms with Crippen LogP contribution in [0.5, 0.6) is 11.5 Å². The third kappa shape index (κ3) is 3.55. The number of methoxy groups -OCH3 is 2. The highest BCUT2D eigenvalue weighted by Gasteiger charge is 2.18. The molecule has 0 saturated carbocycles. The first-order valence-electron chi connectivity index (χ1n) is 7.63. The molecule has 0 aromatic heterocycles. The topological polar surface area (TPSA) is 18.5 Å². The van der Waals surface area contributed by atoms with Crippen LogP contribution in [0.2, 0.25) is 5.02 Å². The summed E-state index contributed by atoms with van der Waals surface area (Å²) in [6, 6.07) is 24.0. The second kappa shape index (κ2) is 7.41. The third-order valence-electron chi connectivity index (χ3n) is 3.89. The Kier molecular flexibility index (Phi) is 5.07. The Labute approximate surface area is 147 Å². The SMILES string of the molecule is COc1ccc([C](c2ccc(Cl)cc2)c2ccc(OC)cc2)cc1. The molecule has 2 nitrogen and oxygen atoms in total. The molecular weight excluding hydrogens is 320 g/mol. The Balaban J connectivity index is 2.06. The number of benzene rings is 3. The summed E-state index contributed by atoms with van der Waals surface area (Å²) in [5, 5.41) is 0.725. The van der Waals surface area contributed by atoms with Gasteiger partial charge in [0, 0.05) is 5.02 Å². The maximum atomic E-state index is 6.05. The van der Waals surface area contributed by atoms with Crippen LogP contribution in [-0.2, 0) is 0 Å². The predicted octanol–water partition coefficient (Wildman–Crippen LogP) is 5.38. The van der Waals surface area contributed by atoms with Gasteiger partial charge in [0.1, 0.15) is 11.5 Å². The van der Waals surface area contributed by atoms with Crippen molar-refractivity contribution < 1.29 is 9.47 Å². The molecule has 0 fully saturated rings. The molecule has 3 aromatic carbocycles. The van der Waals surface area contributed by atoms with Crippen LogP contribution in [0.25, 0.3) is 0 Å². The van der Waals surface area contributed by atoms with Crippen molar-refractivity contribution in [3.05, 3.63) is 100 Å². The van der Waals surface area contributed by atoms with Gasteiger partial charge < -0.3 is 9.47 Å². The molecule has 0 N–H and O–H groups in total. The maximum Gasteiger partial charge on any atom is 0.118 e. The Hall–Kier alpha value is -2.45. The second-order valence-electron chi connectivity index (χ2n) is 5.34. The number of hydrogen-bond donors (Lipinski definition) is 0. The normalized spacial score (nSPS) is 10.7. The van der Waals surface area contributed by atoms with E-state index in [-0.39, 0.29) is 0 Å². The summed E-state index contributed by atoms with van der Waals surface area (Å²) in [6.07, 6.45) is 0. The molecule has 0 heterocycles. The van der Waals surface area contributed by atoms with Crippen LogP contribution in [0, 0.1) is 5.92 Å². The van der Waals surface area contributed by atoms with Gasteiger partial charge in [-0.05, 0) is 53.1 Å². The van der Waals surface area contributed by atoms with Crippen LogP contribution in [0.15, 0.2) is 72.8 Å². The molecule has 24 heavy (non-hydrogen) atoms. The summed E-state index contributed by atoms with van der Waals surface area (Å²) in [4.78, 5) is 0. The average Bonchev–Trinajstić information content (AvgIpc) is 2.64. The summed E-state index contributed by atoms with van der Waals surface area (Å²) in [7, 11) is 3.34. The predicted molar refractivity (Wildman–Crippen MR) is 98.0 cm³/mol. The Bertz CT molecular complexity index is 730. The molecule has 1 radical (unpaired) electrons. The minimum absolute atomic E-state index is 0.725. The molecular formula is C21H18ClO2. The van der Waals surface area contributed by atoms with E-state index in [1.807, 2.05) is 48.5 Å². The molecule has 3 heteroatoms. The van der Waals surface area contributed by atoms with Crippen molar-refractivity contribution >= 4 is 11.6 Å². The first-order valence-corrected chi connectivity index (χ1v) is 8.01. The Morgan fingerprint density at radius 1 is 0.583 bits per heavy atom. The number of hydrogen-bond acceptors (Lipinski definition) is 2. The van der Waals surface area contributed by atoms with E-state index < -0.39 is 0 Å². The van der Waals surface area contributed by atoms with E-state index in [9.17, 15) is 0 Å². The Morgan fingerprint density at radius 2 is 0.917 bits per heavy atom. The molecule has 0 aliphatic heterocycles.